The molecule has 0 bridgehead atoms. The van der Waals surface area contributed by atoms with E-state index in [1.807, 2.05) is 72.8 Å². The van der Waals surface area contributed by atoms with Crippen LogP contribution in [0, 0.1) is 5.92 Å². The van der Waals surface area contributed by atoms with Gasteiger partial charge in [-0.25, -0.2) is 9.59 Å². The predicted octanol–water partition coefficient (Wildman–Crippen LogP) is 7.79. The molecule has 0 aromatic heterocycles. The van der Waals surface area contributed by atoms with Gasteiger partial charge < -0.3 is 9.47 Å². The Labute approximate surface area is 229 Å². The fourth-order valence-corrected chi connectivity index (χ4v) is 4.13. The minimum atomic E-state index is -0.691. The van der Waals surface area contributed by atoms with E-state index in [1.54, 1.807) is 6.08 Å². The average Bonchev–Trinajstić information content (AvgIpc) is 3.60. The van der Waals surface area contributed by atoms with Crippen LogP contribution in [0.15, 0.2) is 103 Å². The number of allylic oxidation sites excluding steroid dienone is 2. The van der Waals surface area contributed by atoms with Crippen molar-refractivity contribution in [2.75, 3.05) is 0 Å². The Morgan fingerprint density at radius 1 is 0.714 bits per heavy atom. The van der Waals surface area contributed by atoms with E-state index in [1.165, 1.54) is 0 Å². The maximum atomic E-state index is 12.9. The molecule has 35 heavy (non-hydrogen) atoms. The first-order chi connectivity index (χ1) is 16.9. The van der Waals surface area contributed by atoms with Crippen LogP contribution in [0.4, 0.5) is 0 Å². The van der Waals surface area contributed by atoms with Crippen LogP contribution in [0.2, 0.25) is 0 Å². The summed E-state index contributed by atoms with van der Waals surface area (Å²) in [4.78, 5) is 25.8. The van der Waals surface area contributed by atoms with Crippen LogP contribution in [-0.2, 0) is 32.3 Å². The molecule has 3 aromatic rings. The van der Waals surface area contributed by atoms with Crippen LogP contribution in [0.3, 0.4) is 0 Å². The van der Waals surface area contributed by atoms with Gasteiger partial charge in [0.1, 0.15) is 18.8 Å². The molecular formula is C28H21Br3O4. The second kappa shape index (κ2) is 12.0. The number of carbonyl (C=O) groups excluding carboxylic acids is 2. The van der Waals surface area contributed by atoms with Crippen LogP contribution in [0.1, 0.15) is 23.1 Å². The van der Waals surface area contributed by atoms with E-state index in [2.05, 4.69) is 53.9 Å². The molecule has 0 aliphatic heterocycles. The van der Waals surface area contributed by atoms with Gasteiger partial charge in [0.05, 0.1) is 0 Å². The highest BCUT2D eigenvalue weighted by atomic mass is 79.9. The lowest BCUT2D eigenvalue weighted by Gasteiger charge is -2.10. The number of hydrogen-bond donors (Lipinski definition) is 0. The van der Waals surface area contributed by atoms with E-state index in [9.17, 15) is 9.59 Å². The van der Waals surface area contributed by atoms with Crippen molar-refractivity contribution in [2.45, 2.75) is 19.6 Å². The standard InChI is InChI=1S/C28H21Br3O4/c29-23-7-1-18(2-8-23)13-21-14-22(21)15-26(27(32)34-16-19-3-9-24(30)10-4-19)28(33)35-17-20-5-11-25(31)12-6-20/h1-13,15,22H,14,16-17H2/b21-13+. The van der Waals surface area contributed by atoms with Crippen LogP contribution in [0.25, 0.3) is 6.08 Å². The number of esters is 2. The second-order valence-corrected chi connectivity index (χ2v) is 10.8. The van der Waals surface area contributed by atoms with Crippen molar-refractivity contribution < 1.29 is 19.1 Å². The molecule has 3 aromatic carbocycles. The summed E-state index contributed by atoms with van der Waals surface area (Å²) in [6.07, 6.45) is 4.52. The zero-order valence-electron chi connectivity index (χ0n) is 18.5. The van der Waals surface area contributed by atoms with Crippen molar-refractivity contribution in [3.8, 4) is 0 Å². The highest BCUT2D eigenvalue weighted by molar-refractivity contribution is 9.11. The molecule has 1 aliphatic rings. The smallest absolute Gasteiger partial charge is 0.345 e. The van der Waals surface area contributed by atoms with Crippen LogP contribution in [-0.4, -0.2) is 11.9 Å². The van der Waals surface area contributed by atoms with Gasteiger partial charge in [0.25, 0.3) is 0 Å². The molecule has 0 heterocycles. The zero-order valence-corrected chi connectivity index (χ0v) is 23.3. The first kappa shape index (κ1) is 25.6. The third-order valence-corrected chi connectivity index (χ3v) is 6.95. The van der Waals surface area contributed by atoms with Crippen molar-refractivity contribution in [1.82, 2.24) is 0 Å². The average molecular weight is 661 g/mol. The van der Waals surface area contributed by atoms with Crippen LogP contribution >= 0.6 is 47.8 Å². The van der Waals surface area contributed by atoms with Gasteiger partial charge in [0, 0.05) is 19.3 Å². The largest absolute Gasteiger partial charge is 0.457 e. The van der Waals surface area contributed by atoms with Gasteiger partial charge in [-0.2, -0.15) is 0 Å². The first-order valence-electron chi connectivity index (χ1n) is 10.9. The van der Waals surface area contributed by atoms with E-state index in [-0.39, 0.29) is 24.7 Å². The van der Waals surface area contributed by atoms with Gasteiger partial charge in [-0.05, 0) is 59.5 Å². The molecule has 1 unspecified atom stereocenters. The molecule has 7 heteroatoms. The van der Waals surface area contributed by atoms with Crippen molar-refractivity contribution in [1.29, 1.82) is 0 Å². The number of ether oxygens (including phenoxy) is 2. The molecule has 0 amide bonds. The number of halogens is 3. The third-order valence-electron chi connectivity index (χ3n) is 5.37. The van der Waals surface area contributed by atoms with E-state index >= 15 is 0 Å². The SMILES string of the molecule is O=C(OCc1ccc(Br)cc1)C(=CC1C/C1=C\c1ccc(Br)cc1)C(=O)OCc1ccc(Br)cc1. The van der Waals surface area contributed by atoms with Gasteiger partial charge in [0.15, 0.2) is 0 Å². The van der Waals surface area contributed by atoms with E-state index in [0.717, 1.165) is 42.1 Å². The van der Waals surface area contributed by atoms with Crippen molar-refractivity contribution in [2.24, 2.45) is 5.92 Å². The van der Waals surface area contributed by atoms with Crippen LogP contribution in [0.5, 0.6) is 0 Å². The monoisotopic (exact) mass is 658 g/mol. The molecule has 1 fully saturated rings. The fourth-order valence-electron chi connectivity index (χ4n) is 3.34. The maximum absolute atomic E-state index is 12.9. The fraction of sp³-hybridized carbons (Fsp3) is 0.143. The molecule has 0 saturated heterocycles. The van der Waals surface area contributed by atoms with E-state index in [4.69, 9.17) is 9.47 Å². The summed E-state index contributed by atoms with van der Waals surface area (Å²) in [6, 6.07) is 22.9. The molecule has 1 atom stereocenters. The normalized spacial score (nSPS) is 15.4. The molecule has 0 spiro atoms. The maximum Gasteiger partial charge on any atom is 0.345 e. The topological polar surface area (TPSA) is 52.6 Å². The predicted molar refractivity (Wildman–Crippen MR) is 146 cm³/mol. The third kappa shape index (κ3) is 7.75. The lowest BCUT2D eigenvalue weighted by molar-refractivity contribution is -0.148. The Hall–Kier alpha value is -2.48. The van der Waals surface area contributed by atoms with Gasteiger partial charge in [-0.15, -0.1) is 0 Å². The van der Waals surface area contributed by atoms with E-state index in [0.29, 0.717) is 0 Å². The number of benzene rings is 3. The Bertz CT molecular complexity index is 1200. The summed E-state index contributed by atoms with van der Waals surface area (Å²) in [5.41, 5.74) is 3.78. The lowest BCUT2D eigenvalue weighted by Crippen LogP contribution is -2.18. The molecule has 4 rings (SSSR count). The van der Waals surface area contributed by atoms with Crippen molar-refractivity contribution >= 4 is 65.8 Å². The summed E-state index contributed by atoms with van der Waals surface area (Å²) in [5, 5.41) is 0. The van der Waals surface area contributed by atoms with Gasteiger partial charge in [-0.3, -0.25) is 0 Å². The van der Waals surface area contributed by atoms with Gasteiger partial charge >= 0.3 is 11.9 Å². The summed E-state index contributed by atoms with van der Waals surface area (Å²) >= 11 is 10.2. The van der Waals surface area contributed by atoms with Gasteiger partial charge in [0.2, 0.25) is 0 Å². The zero-order chi connectivity index (χ0) is 24.8. The number of carbonyl (C=O) groups is 2. The minimum absolute atomic E-state index is 0.00546. The molecule has 0 radical (unpaired) electrons. The number of rotatable bonds is 8. The first-order valence-corrected chi connectivity index (χ1v) is 13.3. The highest BCUT2D eigenvalue weighted by Crippen LogP contribution is 2.41. The Balaban J connectivity index is 1.47. The van der Waals surface area contributed by atoms with Crippen molar-refractivity contribution in [3.05, 3.63) is 120 Å². The molecule has 1 aliphatic carbocycles. The molecular weight excluding hydrogens is 640 g/mol. The Morgan fingerprint density at radius 2 is 1.14 bits per heavy atom. The molecule has 0 N–H and O–H groups in total. The minimum Gasteiger partial charge on any atom is -0.457 e. The van der Waals surface area contributed by atoms with Gasteiger partial charge in [-0.1, -0.05) is 102 Å². The molecule has 1 saturated carbocycles. The quantitative estimate of drug-likeness (QED) is 0.107. The summed E-state index contributed by atoms with van der Waals surface area (Å²) in [5.74, 6) is -1.39. The Morgan fingerprint density at radius 3 is 1.60 bits per heavy atom. The molecule has 178 valence electrons. The summed E-state index contributed by atoms with van der Waals surface area (Å²) in [7, 11) is 0. The molecule has 4 nitrogen and oxygen atoms in total. The summed E-state index contributed by atoms with van der Waals surface area (Å²) in [6.45, 7) is 0.130. The van der Waals surface area contributed by atoms with Crippen molar-refractivity contribution in [3.63, 3.8) is 0 Å². The second-order valence-electron chi connectivity index (χ2n) is 8.07. The Kier molecular flexibility index (Phi) is 8.76. The summed E-state index contributed by atoms with van der Waals surface area (Å²) < 4.78 is 13.8. The number of hydrogen-bond acceptors (Lipinski definition) is 4. The lowest BCUT2D eigenvalue weighted by atomic mass is 10.1. The van der Waals surface area contributed by atoms with Crippen LogP contribution < -0.4 is 0 Å². The highest BCUT2D eigenvalue weighted by Gasteiger charge is 2.32. The van der Waals surface area contributed by atoms with E-state index < -0.39 is 11.9 Å².